The Morgan fingerprint density at radius 1 is 1.12 bits per heavy atom. The van der Waals surface area contributed by atoms with E-state index >= 15 is 0 Å². The van der Waals surface area contributed by atoms with Crippen LogP contribution >= 0.6 is 11.6 Å². The Morgan fingerprint density at radius 3 is 2.69 bits per heavy atom. The number of aryl methyl sites for hydroxylation is 1. The van der Waals surface area contributed by atoms with E-state index in [-0.39, 0.29) is 0 Å². The van der Waals surface area contributed by atoms with Gasteiger partial charge in [-0.2, -0.15) is 0 Å². The zero-order valence-electron chi connectivity index (χ0n) is 8.36. The number of nitrogens with zero attached hydrogens (tertiary/aromatic N) is 1. The monoisotopic (exact) mass is 239 g/mol. The van der Waals surface area contributed by atoms with Crippen molar-refractivity contribution in [1.29, 1.82) is 0 Å². The van der Waals surface area contributed by atoms with Crippen LogP contribution in [0.2, 0.25) is 5.02 Å². The quantitative estimate of drug-likeness (QED) is 0.684. The SMILES string of the molecule is Fc1cc2nc3c(c(Cl)c2cc1F)CCC3. The van der Waals surface area contributed by atoms with E-state index in [9.17, 15) is 8.78 Å². The highest BCUT2D eigenvalue weighted by molar-refractivity contribution is 6.36. The van der Waals surface area contributed by atoms with Crippen molar-refractivity contribution in [3.63, 3.8) is 0 Å². The highest BCUT2D eigenvalue weighted by Gasteiger charge is 2.19. The largest absolute Gasteiger partial charge is 0.252 e. The molecule has 1 aliphatic carbocycles. The predicted molar refractivity (Wildman–Crippen MR) is 58.7 cm³/mol. The van der Waals surface area contributed by atoms with Gasteiger partial charge in [0, 0.05) is 17.1 Å². The molecule has 1 heterocycles. The predicted octanol–water partition coefficient (Wildman–Crippen LogP) is 3.66. The summed E-state index contributed by atoms with van der Waals surface area (Å²) in [6, 6.07) is 2.23. The summed E-state index contributed by atoms with van der Waals surface area (Å²) in [6.45, 7) is 0. The molecule has 0 unspecified atom stereocenters. The summed E-state index contributed by atoms with van der Waals surface area (Å²) in [6.07, 6.45) is 2.74. The third kappa shape index (κ3) is 1.31. The lowest BCUT2D eigenvalue weighted by Crippen LogP contribution is -1.94. The fraction of sp³-hybridized carbons (Fsp3) is 0.250. The summed E-state index contributed by atoms with van der Waals surface area (Å²) < 4.78 is 26.2. The molecule has 1 aromatic heterocycles. The summed E-state index contributed by atoms with van der Waals surface area (Å²) in [4.78, 5) is 4.33. The topological polar surface area (TPSA) is 12.9 Å². The smallest absolute Gasteiger partial charge is 0.161 e. The molecule has 0 saturated heterocycles. The lowest BCUT2D eigenvalue weighted by molar-refractivity contribution is 0.510. The van der Waals surface area contributed by atoms with Crippen LogP contribution in [0.1, 0.15) is 17.7 Å². The molecule has 0 N–H and O–H groups in total. The van der Waals surface area contributed by atoms with Gasteiger partial charge < -0.3 is 0 Å². The Bertz CT molecular complexity index is 595. The first kappa shape index (κ1) is 9.97. The van der Waals surface area contributed by atoms with Crippen molar-refractivity contribution in [3.05, 3.63) is 40.0 Å². The van der Waals surface area contributed by atoms with Crippen molar-refractivity contribution in [1.82, 2.24) is 4.98 Å². The maximum absolute atomic E-state index is 13.1. The summed E-state index contributed by atoms with van der Waals surface area (Å²) in [7, 11) is 0. The van der Waals surface area contributed by atoms with Gasteiger partial charge in [-0.05, 0) is 30.9 Å². The highest BCUT2D eigenvalue weighted by atomic mass is 35.5. The number of aromatic nitrogens is 1. The molecular formula is C12H8ClF2N. The zero-order valence-corrected chi connectivity index (χ0v) is 9.11. The minimum atomic E-state index is -0.881. The fourth-order valence-electron chi connectivity index (χ4n) is 2.20. The van der Waals surface area contributed by atoms with Crippen LogP contribution in [-0.4, -0.2) is 4.98 Å². The Kier molecular flexibility index (Phi) is 2.11. The van der Waals surface area contributed by atoms with Crippen LogP contribution in [0, 0.1) is 11.6 Å². The molecule has 0 fully saturated rings. The van der Waals surface area contributed by atoms with E-state index in [1.54, 1.807) is 0 Å². The van der Waals surface area contributed by atoms with Gasteiger partial charge in [0.1, 0.15) is 0 Å². The van der Waals surface area contributed by atoms with Gasteiger partial charge in [-0.1, -0.05) is 11.6 Å². The first-order chi connectivity index (χ1) is 7.66. The van der Waals surface area contributed by atoms with Crippen molar-refractivity contribution < 1.29 is 8.78 Å². The first-order valence-electron chi connectivity index (χ1n) is 5.13. The highest BCUT2D eigenvalue weighted by Crippen LogP contribution is 2.34. The van der Waals surface area contributed by atoms with Crippen molar-refractivity contribution in [2.45, 2.75) is 19.3 Å². The molecule has 0 radical (unpaired) electrons. The second-order valence-corrected chi connectivity index (χ2v) is 4.37. The fourth-order valence-corrected chi connectivity index (χ4v) is 2.56. The molecule has 0 amide bonds. The Labute approximate surface area is 96.1 Å². The zero-order chi connectivity index (χ0) is 11.3. The van der Waals surface area contributed by atoms with E-state index in [2.05, 4.69) is 4.98 Å². The van der Waals surface area contributed by atoms with Crippen molar-refractivity contribution in [2.24, 2.45) is 0 Å². The summed E-state index contributed by atoms with van der Waals surface area (Å²) >= 11 is 6.18. The number of benzene rings is 1. The summed E-state index contributed by atoms with van der Waals surface area (Å²) in [5, 5.41) is 1.03. The van der Waals surface area contributed by atoms with Gasteiger partial charge in [0.05, 0.1) is 10.5 Å². The number of hydrogen-bond donors (Lipinski definition) is 0. The van der Waals surface area contributed by atoms with Crippen molar-refractivity contribution in [3.8, 4) is 0 Å². The van der Waals surface area contributed by atoms with E-state index < -0.39 is 11.6 Å². The normalized spacial score (nSPS) is 14.4. The number of fused-ring (bicyclic) bond motifs is 2. The average Bonchev–Trinajstić information content (AvgIpc) is 2.70. The molecule has 0 saturated carbocycles. The van der Waals surface area contributed by atoms with E-state index in [0.717, 1.165) is 42.7 Å². The third-order valence-electron chi connectivity index (χ3n) is 2.98. The second kappa shape index (κ2) is 3.39. The molecule has 0 spiro atoms. The van der Waals surface area contributed by atoms with Crippen LogP contribution in [0.15, 0.2) is 12.1 Å². The van der Waals surface area contributed by atoms with Crippen LogP contribution < -0.4 is 0 Å². The first-order valence-corrected chi connectivity index (χ1v) is 5.50. The average molecular weight is 240 g/mol. The van der Waals surface area contributed by atoms with E-state index in [1.165, 1.54) is 0 Å². The number of halogens is 3. The maximum atomic E-state index is 13.1. The Morgan fingerprint density at radius 2 is 1.88 bits per heavy atom. The third-order valence-corrected chi connectivity index (χ3v) is 3.42. The van der Waals surface area contributed by atoms with Crippen LogP contribution in [0.25, 0.3) is 10.9 Å². The van der Waals surface area contributed by atoms with Crippen molar-refractivity contribution in [2.75, 3.05) is 0 Å². The molecule has 0 bridgehead atoms. The Balaban J connectivity index is 2.41. The minimum Gasteiger partial charge on any atom is -0.252 e. The molecule has 1 aromatic carbocycles. The van der Waals surface area contributed by atoms with Gasteiger partial charge in [0.25, 0.3) is 0 Å². The van der Waals surface area contributed by atoms with Gasteiger partial charge in [0.15, 0.2) is 11.6 Å². The Hall–Kier alpha value is -1.22. The minimum absolute atomic E-state index is 0.435. The summed E-state index contributed by atoms with van der Waals surface area (Å²) in [5.74, 6) is -1.76. The van der Waals surface area contributed by atoms with Crippen LogP contribution in [0.5, 0.6) is 0 Å². The van der Waals surface area contributed by atoms with Crippen molar-refractivity contribution >= 4 is 22.5 Å². The molecular weight excluding hydrogens is 232 g/mol. The summed E-state index contributed by atoms with van der Waals surface area (Å²) in [5.41, 5.74) is 2.34. The van der Waals surface area contributed by atoms with Gasteiger partial charge in [-0.25, -0.2) is 8.78 Å². The molecule has 3 rings (SSSR count). The number of rotatable bonds is 0. The van der Waals surface area contributed by atoms with E-state index in [1.807, 2.05) is 0 Å². The molecule has 82 valence electrons. The molecule has 2 aromatic rings. The molecule has 0 aliphatic heterocycles. The molecule has 16 heavy (non-hydrogen) atoms. The van der Waals surface area contributed by atoms with E-state index in [4.69, 9.17) is 11.6 Å². The van der Waals surface area contributed by atoms with Gasteiger partial charge in [-0.3, -0.25) is 4.98 Å². The number of hydrogen-bond acceptors (Lipinski definition) is 1. The van der Waals surface area contributed by atoms with Gasteiger partial charge in [-0.15, -0.1) is 0 Å². The van der Waals surface area contributed by atoms with Crippen LogP contribution in [-0.2, 0) is 12.8 Å². The van der Waals surface area contributed by atoms with Crippen LogP contribution in [0.3, 0.4) is 0 Å². The second-order valence-electron chi connectivity index (χ2n) is 3.99. The lowest BCUT2D eigenvalue weighted by atomic mass is 10.1. The van der Waals surface area contributed by atoms with E-state index in [0.29, 0.717) is 15.9 Å². The molecule has 4 heteroatoms. The number of pyridine rings is 1. The van der Waals surface area contributed by atoms with Crippen LogP contribution in [0.4, 0.5) is 8.78 Å². The maximum Gasteiger partial charge on any atom is 0.161 e. The van der Waals surface area contributed by atoms with Gasteiger partial charge >= 0.3 is 0 Å². The molecule has 1 nitrogen and oxygen atoms in total. The molecule has 0 atom stereocenters. The van der Waals surface area contributed by atoms with Gasteiger partial charge in [0.2, 0.25) is 0 Å². The lowest BCUT2D eigenvalue weighted by Gasteiger charge is -2.07. The molecule has 1 aliphatic rings. The standard InChI is InChI=1S/C12H8ClF2N/c13-12-6-2-1-3-10(6)16-11-5-9(15)8(14)4-7(11)12/h4-5H,1-3H2.